The fraction of sp³-hybridized carbons (Fsp3) is 0.300. The molecule has 0 fully saturated rings. The number of carbonyl (C=O) groups is 1. The summed E-state index contributed by atoms with van der Waals surface area (Å²) in [5, 5.41) is 0. The van der Waals surface area contributed by atoms with Crippen molar-refractivity contribution in [2.75, 3.05) is 18.6 Å². The minimum Gasteiger partial charge on any atom is -0.469 e. The van der Waals surface area contributed by atoms with E-state index >= 15 is 0 Å². The molecule has 0 unspecified atom stereocenters. The normalized spacial score (nSPS) is 10.2. The number of halogens is 2. The van der Waals surface area contributed by atoms with Gasteiger partial charge in [-0.2, -0.15) is 0 Å². The van der Waals surface area contributed by atoms with Gasteiger partial charge >= 0.3 is 5.97 Å². The maximum atomic E-state index is 13.0. The van der Waals surface area contributed by atoms with Crippen LogP contribution in [0.5, 0.6) is 0 Å². The van der Waals surface area contributed by atoms with Crippen LogP contribution in [0.3, 0.4) is 0 Å². The molecule has 0 bridgehead atoms. The van der Waals surface area contributed by atoms with Crippen LogP contribution in [0.15, 0.2) is 17.0 Å². The van der Waals surface area contributed by atoms with Crippen molar-refractivity contribution < 1.29 is 18.3 Å². The highest BCUT2D eigenvalue weighted by molar-refractivity contribution is 7.99. The molecule has 0 aliphatic carbocycles. The summed E-state index contributed by atoms with van der Waals surface area (Å²) in [7, 11) is 1.28. The largest absolute Gasteiger partial charge is 0.469 e. The first-order valence-corrected chi connectivity index (χ1v) is 5.47. The Bertz CT molecular complexity index is 399. The molecule has 0 saturated heterocycles. The van der Waals surface area contributed by atoms with Crippen molar-refractivity contribution in [3.8, 4) is 0 Å². The predicted molar refractivity (Wildman–Crippen MR) is 58.1 cm³/mol. The van der Waals surface area contributed by atoms with E-state index in [0.717, 1.165) is 23.9 Å². The zero-order valence-corrected chi connectivity index (χ0v) is 9.44. The molecule has 88 valence electrons. The summed E-state index contributed by atoms with van der Waals surface area (Å²) in [4.78, 5) is 11.1. The second kappa shape index (κ2) is 5.69. The molecule has 1 rings (SSSR count). The monoisotopic (exact) mass is 247 g/mol. The molecular weight excluding hydrogens is 236 g/mol. The van der Waals surface area contributed by atoms with E-state index in [0.29, 0.717) is 10.6 Å². The van der Waals surface area contributed by atoms with Crippen LogP contribution >= 0.6 is 11.8 Å². The first kappa shape index (κ1) is 12.8. The number of ether oxygens (including phenoxy) is 1. The van der Waals surface area contributed by atoms with Gasteiger partial charge in [-0.15, -0.1) is 11.8 Å². The van der Waals surface area contributed by atoms with Crippen LogP contribution in [0.2, 0.25) is 0 Å². The Labute approximate surface area is 96.0 Å². The molecule has 0 heterocycles. The number of hydrogen-bond donors (Lipinski definition) is 1. The minimum atomic E-state index is -0.791. The highest BCUT2D eigenvalue weighted by Crippen LogP contribution is 2.28. The lowest BCUT2D eigenvalue weighted by Crippen LogP contribution is -2.02. The second-order valence-corrected chi connectivity index (χ2v) is 4.11. The summed E-state index contributed by atoms with van der Waals surface area (Å²) in [6.07, 6.45) is 0.165. The van der Waals surface area contributed by atoms with Crippen LogP contribution in [0, 0.1) is 11.6 Å². The summed E-state index contributed by atoms with van der Waals surface area (Å²) < 4.78 is 30.3. The van der Waals surface area contributed by atoms with Crippen molar-refractivity contribution in [3.05, 3.63) is 23.8 Å². The van der Waals surface area contributed by atoms with Gasteiger partial charge in [-0.05, 0) is 6.07 Å². The van der Waals surface area contributed by atoms with E-state index in [4.69, 9.17) is 5.73 Å². The van der Waals surface area contributed by atoms with Crippen molar-refractivity contribution in [1.29, 1.82) is 0 Å². The number of thioether (sulfide) groups is 1. The smallest absolute Gasteiger partial charge is 0.306 e. The molecule has 0 aliphatic rings. The molecule has 2 N–H and O–H groups in total. The van der Waals surface area contributed by atoms with Crippen LogP contribution in [0.4, 0.5) is 14.5 Å². The zero-order valence-electron chi connectivity index (χ0n) is 8.63. The number of hydrogen-bond acceptors (Lipinski definition) is 4. The SMILES string of the molecule is COC(=O)CCSc1cc(F)cc(F)c1N. The fourth-order valence-corrected chi connectivity index (χ4v) is 1.96. The Morgan fingerprint density at radius 2 is 2.19 bits per heavy atom. The average Bonchev–Trinajstić information content (AvgIpc) is 2.24. The number of carbonyl (C=O) groups excluding carboxylic acids is 1. The van der Waals surface area contributed by atoms with Gasteiger partial charge in [0, 0.05) is 16.7 Å². The van der Waals surface area contributed by atoms with Gasteiger partial charge in [0.05, 0.1) is 19.2 Å². The fourth-order valence-electron chi connectivity index (χ4n) is 1.03. The molecule has 0 aliphatic heterocycles. The molecule has 0 amide bonds. The topological polar surface area (TPSA) is 52.3 Å². The summed E-state index contributed by atoms with van der Waals surface area (Å²) in [6.45, 7) is 0. The van der Waals surface area contributed by atoms with Crippen LogP contribution in [-0.2, 0) is 9.53 Å². The van der Waals surface area contributed by atoms with Crippen molar-refractivity contribution in [2.24, 2.45) is 0 Å². The molecule has 1 aromatic carbocycles. The quantitative estimate of drug-likeness (QED) is 0.503. The molecule has 6 heteroatoms. The van der Waals surface area contributed by atoms with E-state index < -0.39 is 11.6 Å². The number of anilines is 1. The first-order chi connectivity index (χ1) is 7.54. The molecular formula is C10H11F2NO2S. The van der Waals surface area contributed by atoms with E-state index in [9.17, 15) is 13.6 Å². The minimum absolute atomic E-state index is 0.101. The Morgan fingerprint density at radius 1 is 1.50 bits per heavy atom. The van der Waals surface area contributed by atoms with E-state index in [-0.39, 0.29) is 18.1 Å². The molecule has 0 radical (unpaired) electrons. The number of nitrogen functional groups attached to an aromatic ring is 1. The molecule has 0 atom stereocenters. The van der Waals surface area contributed by atoms with Gasteiger partial charge in [-0.3, -0.25) is 4.79 Å². The zero-order chi connectivity index (χ0) is 12.1. The van der Waals surface area contributed by atoms with E-state index in [1.165, 1.54) is 7.11 Å². The Hall–Kier alpha value is -1.30. The Morgan fingerprint density at radius 3 is 2.81 bits per heavy atom. The lowest BCUT2D eigenvalue weighted by Gasteiger charge is -2.06. The van der Waals surface area contributed by atoms with E-state index in [1.54, 1.807) is 0 Å². The molecule has 16 heavy (non-hydrogen) atoms. The lowest BCUT2D eigenvalue weighted by molar-refractivity contribution is -0.140. The Balaban J connectivity index is 2.63. The van der Waals surface area contributed by atoms with Crippen molar-refractivity contribution in [2.45, 2.75) is 11.3 Å². The van der Waals surface area contributed by atoms with Gasteiger partial charge in [0.1, 0.15) is 11.6 Å². The highest BCUT2D eigenvalue weighted by atomic mass is 32.2. The molecule has 0 spiro atoms. The standard InChI is InChI=1S/C10H11F2NO2S/c1-15-9(14)2-3-16-8-5-6(11)4-7(12)10(8)13/h4-5H,2-3,13H2,1H3. The number of rotatable bonds is 4. The second-order valence-electron chi connectivity index (χ2n) is 2.97. The van der Waals surface area contributed by atoms with Gasteiger partial charge in [-0.25, -0.2) is 8.78 Å². The van der Waals surface area contributed by atoms with Gasteiger partial charge in [-0.1, -0.05) is 0 Å². The maximum Gasteiger partial charge on any atom is 0.306 e. The predicted octanol–water partition coefficient (Wildman–Crippen LogP) is 2.20. The third-order valence-electron chi connectivity index (χ3n) is 1.85. The Kier molecular flexibility index (Phi) is 4.54. The first-order valence-electron chi connectivity index (χ1n) is 4.48. The molecule has 0 aromatic heterocycles. The third kappa shape index (κ3) is 3.37. The summed E-state index contributed by atoms with van der Waals surface area (Å²) in [5.74, 6) is -1.49. The highest BCUT2D eigenvalue weighted by Gasteiger charge is 2.09. The van der Waals surface area contributed by atoms with Crippen molar-refractivity contribution in [3.63, 3.8) is 0 Å². The van der Waals surface area contributed by atoms with Gasteiger partial charge in [0.15, 0.2) is 0 Å². The number of methoxy groups -OCH3 is 1. The van der Waals surface area contributed by atoms with Crippen molar-refractivity contribution >= 4 is 23.4 Å². The van der Waals surface area contributed by atoms with Gasteiger partial charge in [0.2, 0.25) is 0 Å². The van der Waals surface area contributed by atoms with Crippen LogP contribution in [0.25, 0.3) is 0 Å². The van der Waals surface area contributed by atoms with Gasteiger partial charge < -0.3 is 10.5 Å². The van der Waals surface area contributed by atoms with Crippen LogP contribution in [-0.4, -0.2) is 18.8 Å². The number of esters is 1. The molecule has 3 nitrogen and oxygen atoms in total. The summed E-state index contributed by atoms with van der Waals surface area (Å²) >= 11 is 1.11. The number of benzene rings is 1. The number of nitrogens with two attached hydrogens (primary N) is 1. The van der Waals surface area contributed by atoms with Crippen LogP contribution in [0.1, 0.15) is 6.42 Å². The van der Waals surface area contributed by atoms with Crippen LogP contribution < -0.4 is 5.73 Å². The summed E-state index contributed by atoms with van der Waals surface area (Å²) in [6, 6.07) is 1.86. The third-order valence-corrected chi connectivity index (χ3v) is 2.90. The van der Waals surface area contributed by atoms with E-state index in [1.807, 2.05) is 0 Å². The molecule has 0 saturated carbocycles. The maximum absolute atomic E-state index is 13.0. The van der Waals surface area contributed by atoms with E-state index in [2.05, 4.69) is 4.74 Å². The lowest BCUT2D eigenvalue weighted by atomic mass is 10.3. The molecule has 1 aromatic rings. The summed E-state index contributed by atoms with van der Waals surface area (Å²) in [5.41, 5.74) is 5.32. The van der Waals surface area contributed by atoms with Gasteiger partial charge in [0.25, 0.3) is 0 Å². The average molecular weight is 247 g/mol. The van der Waals surface area contributed by atoms with Crippen molar-refractivity contribution in [1.82, 2.24) is 0 Å².